The molecule has 1 amide bonds. The monoisotopic (exact) mass is 584 g/mol. The van der Waals surface area contributed by atoms with E-state index in [0.717, 1.165) is 27.8 Å². The minimum absolute atomic E-state index is 0.167. The SMILES string of the molecule is CC1(C(=O)Nc2nc(Cn3ccc(OCc4ccccc4)cc3=O)cs2)CC2(C#N)c3ccccc3C1c1ccccc12. The van der Waals surface area contributed by atoms with E-state index in [4.69, 9.17) is 4.74 Å². The van der Waals surface area contributed by atoms with Crippen molar-refractivity contribution in [1.29, 1.82) is 5.26 Å². The van der Waals surface area contributed by atoms with Gasteiger partial charge in [0, 0.05) is 23.6 Å². The van der Waals surface area contributed by atoms with Crippen molar-refractivity contribution in [3.8, 4) is 11.8 Å². The van der Waals surface area contributed by atoms with E-state index < -0.39 is 10.8 Å². The summed E-state index contributed by atoms with van der Waals surface area (Å²) in [5.74, 6) is 0.152. The van der Waals surface area contributed by atoms with E-state index in [1.807, 2.05) is 91.2 Å². The summed E-state index contributed by atoms with van der Waals surface area (Å²) in [6.45, 7) is 2.61. The van der Waals surface area contributed by atoms with E-state index >= 15 is 0 Å². The average Bonchev–Trinajstić information content (AvgIpc) is 3.48. The molecule has 212 valence electrons. The molecule has 5 aromatic rings. The number of ether oxygens (including phenoxy) is 1. The molecule has 1 unspecified atom stereocenters. The van der Waals surface area contributed by atoms with Gasteiger partial charge in [0.15, 0.2) is 5.13 Å². The Morgan fingerprint density at radius 2 is 1.72 bits per heavy atom. The summed E-state index contributed by atoms with van der Waals surface area (Å²) in [5, 5.41) is 16.0. The number of aromatic nitrogens is 2. The standard InChI is InChI=1S/C35H28N4O3S/c1-34(21-35(22-36)28-13-7-5-11-26(28)31(34)27-12-6-8-14-29(27)35)32(41)38-33-37-24(20-43-33)18-39-16-15-25(17-30(39)40)42-19-23-9-3-2-4-10-23/h2-17,20,31H,18-19,21H2,1H3,(H,37,38,41). The number of hydrogen-bond acceptors (Lipinski definition) is 6. The first-order valence-corrected chi connectivity index (χ1v) is 15.0. The van der Waals surface area contributed by atoms with E-state index in [1.165, 1.54) is 17.4 Å². The van der Waals surface area contributed by atoms with Crippen LogP contribution in [-0.2, 0) is 23.4 Å². The zero-order valence-corrected chi connectivity index (χ0v) is 24.3. The fourth-order valence-electron chi connectivity index (χ4n) is 6.79. The lowest BCUT2D eigenvalue weighted by molar-refractivity contribution is -0.127. The molecule has 7 nitrogen and oxygen atoms in total. The number of amides is 1. The number of nitrogens with zero attached hydrogens (tertiary/aromatic N) is 3. The highest BCUT2D eigenvalue weighted by atomic mass is 32.1. The van der Waals surface area contributed by atoms with Gasteiger partial charge >= 0.3 is 0 Å². The van der Waals surface area contributed by atoms with Gasteiger partial charge < -0.3 is 14.6 Å². The van der Waals surface area contributed by atoms with E-state index in [9.17, 15) is 14.9 Å². The van der Waals surface area contributed by atoms with Crippen LogP contribution in [0.4, 0.5) is 5.13 Å². The minimum atomic E-state index is -0.903. The predicted molar refractivity (Wildman–Crippen MR) is 165 cm³/mol. The van der Waals surface area contributed by atoms with Crippen molar-refractivity contribution in [2.45, 2.75) is 37.8 Å². The van der Waals surface area contributed by atoms with Crippen molar-refractivity contribution in [2.75, 3.05) is 5.32 Å². The van der Waals surface area contributed by atoms with Gasteiger partial charge in [-0.25, -0.2) is 4.98 Å². The van der Waals surface area contributed by atoms with Crippen LogP contribution < -0.4 is 15.6 Å². The molecule has 3 aliphatic carbocycles. The molecule has 2 aromatic heterocycles. The second-order valence-corrected chi connectivity index (χ2v) is 12.3. The molecule has 2 heterocycles. The molecule has 0 fully saturated rings. The maximum atomic E-state index is 14.1. The van der Waals surface area contributed by atoms with Crippen LogP contribution in [0.25, 0.3) is 0 Å². The Labute approximate surface area is 253 Å². The fourth-order valence-corrected chi connectivity index (χ4v) is 7.49. The lowest BCUT2D eigenvalue weighted by atomic mass is 9.47. The third-order valence-corrected chi connectivity index (χ3v) is 9.57. The van der Waals surface area contributed by atoms with Crippen LogP contribution in [0.1, 0.15) is 52.8 Å². The van der Waals surface area contributed by atoms with E-state index in [0.29, 0.717) is 29.6 Å². The van der Waals surface area contributed by atoms with Gasteiger partial charge in [0.1, 0.15) is 17.8 Å². The van der Waals surface area contributed by atoms with Crippen LogP contribution in [0.3, 0.4) is 0 Å². The molecule has 0 radical (unpaired) electrons. The van der Waals surface area contributed by atoms with Crippen molar-refractivity contribution in [2.24, 2.45) is 5.41 Å². The normalized spacial score (nSPS) is 21.3. The first kappa shape index (κ1) is 26.9. The summed E-state index contributed by atoms with van der Waals surface area (Å²) in [6, 6.07) is 31.6. The summed E-state index contributed by atoms with van der Waals surface area (Å²) in [4.78, 5) is 31.5. The van der Waals surface area contributed by atoms with Crippen LogP contribution in [-0.4, -0.2) is 15.5 Å². The fraction of sp³-hybridized carbons (Fsp3) is 0.200. The first-order chi connectivity index (χ1) is 20.9. The van der Waals surface area contributed by atoms with Crippen molar-refractivity contribution >= 4 is 22.4 Å². The summed E-state index contributed by atoms with van der Waals surface area (Å²) >= 11 is 1.32. The highest BCUT2D eigenvalue weighted by Gasteiger charge is 2.61. The third-order valence-electron chi connectivity index (χ3n) is 8.76. The number of rotatable bonds is 7. The van der Waals surface area contributed by atoms with Crippen LogP contribution in [0.5, 0.6) is 5.75 Å². The molecule has 0 saturated carbocycles. The number of nitrogens with one attached hydrogen (secondary N) is 1. The number of hydrogen-bond donors (Lipinski definition) is 1. The number of pyridine rings is 1. The van der Waals surface area contributed by atoms with Gasteiger partial charge in [-0.05, 0) is 47.2 Å². The van der Waals surface area contributed by atoms with Gasteiger partial charge in [0.05, 0.1) is 23.7 Å². The number of carbonyl (C=O) groups excluding carboxylic acids is 1. The molecule has 8 rings (SSSR count). The summed E-state index contributed by atoms with van der Waals surface area (Å²) in [7, 11) is 0. The highest BCUT2D eigenvalue weighted by molar-refractivity contribution is 7.13. The molecule has 3 aliphatic rings. The lowest BCUT2D eigenvalue weighted by Crippen LogP contribution is -2.53. The Kier molecular flexibility index (Phi) is 6.48. The van der Waals surface area contributed by atoms with Gasteiger partial charge in [0.25, 0.3) is 5.56 Å². The van der Waals surface area contributed by atoms with Crippen LogP contribution in [0, 0.1) is 16.7 Å². The van der Waals surface area contributed by atoms with Gasteiger partial charge in [-0.3, -0.25) is 9.59 Å². The van der Waals surface area contributed by atoms with E-state index in [-0.39, 0.29) is 23.9 Å². The van der Waals surface area contributed by atoms with E-state index in [1.54, 1.807) is 16.8 Å². The van der Waals surface area contributed by atoms with Gasteiger partial charge in [-0.2, -0.15) is 5.26 Å². The maximum absolute atomic E-state index is 14.1. The zero-order chi connectivity index (χ0) is 29.6. The number of nitriles is 1. The molecule has 1 N–H and O–H groups in total. The Morgan fingerprint density at radius 3 is 2.40 bits per heavy atom. The number of anilines is 1. The van der Waals surface area contributed by atoms with Crippen LogP contribution >= 0.6 is 11.3 Å². The first-order valence-electron chi connectivity index (χ1n) is 14.1. The molecular formula is C35H28N4O3S. The maximum Gasteiger partial charge on any atom is 0.254 e. The second kappa shape index (κ2) is 10.4. The van der Waals surface area contributed by atoms with Crippen molar-refractivity contribution in [3.63, 3.8) is 0 Å². The number of fused-ring (bicyclic) bond motifs is 1. The summed E-state index contributed by atoms with van der Waals surface area (Å²) in [6.07, 6.45) is 2.07. The number of carbonyl (C=O) groups is 1. The van der Waals surface area contributed by atoms with Crippen molar-refractivity contribution < 1.29 is 9.53 Å². The van der Waals surface area contributed by atoms with Gasteiger partial charge in [-0.1, -0.05) is 78.9 Å². The Hall–Kier alpha value is -5.00. The second-order valence-electron chi connectivity index (χ2n) is 11.4. The molecule has 0 saturated heterocycles. The topological polar surface area (TPSA) is 97.0 Å². The minimum Gasteiger partial charge on any atom is -0.489 e. The molecule has 1 atom stereocenters. The zero-order valence-electron chi connectivity index (χ0n) is 23.5. The quantitative estimate of drug-likeness (QED) is 0.244. The predicted octanol–water partition coefficient (Wildman–Crippen LogP) is 6.24. The molecular weight excluding hydrogens is 556 g/mol. The molecule has 2 bridgehead atoms. The molecule has 43 heavy (non-hydrogen) atoms. The van der Waals surface area contributed by atoms with Crippen molar-refractivity contribution in [3.05, 3.63) is 146 Å². The Balaban J connectivity index is 1.10. The molecule has 8 heteroatoms. The number of thiazole rings is 1. The van der Waals surface area contributed by atoms with Crippen LogP contribution in [0.2, 0.25) is 0 Å². The van der Waals surface area contributed by atoms with Gasteiger partial charge in [-0.15, -0.1) is 11.3 Å². The smallest absolute Gasteiger partial charge is 0.254 e. The Morgan fingerprint density at radius 1 is 1.05 bits per heavy atom. The highest BCUT2D eigenvalue weighted by Crippen LogP contribution is 2.63. The molecule has 0 aliphatic heterocycles. The van der Waals surface area contributed by atoms with Crippen molar-refractivity contribution in [1.82, 2.24) is 9.55 Å². The van der Waals surface area contributed by atoms with Crippen LogP contribution in [0.15, 0.2) is 107 Å². The molecule has 0 spiro atoms. The van der Waals surface area contributed by atoms with Gasteiger partial charge in [0.2, 0.25) is 5.91 Å². The third kappa shape index (κ3) is 4.44. The summed E-state index contributed by atoms with van der Waals surface area (Å²) in [5.41, 5.74) is 3.76. The summed E-state index contributed by atoms with van der Waals surface area (Å²) < 4.78 is 7.34. The largest absolute Gasteiger partial charge is 0.489 e. The van der Waals surface area contributed by atoms with E-state index in [2.05, 4.69) is 16.4 Å². The lowest BCUT2D eigenvalue weighted by Gasteiger charge is -2.54. The number of benzene rings is 3. The Bertz CT molecular complexity index is 1910. The molecule has 3 aromatic carbocycles. The average molecular weight is 585 g/mol.